The molecule has 0 radical (unpaired) electrons. The highest BCUT2D eigenvalue weighted by Gasteiger charge is 2.41. The van der Waals surface area contributed by atoms with E-state index in [9.17, 15) is 5.11 Å². The molecule has 0 bridgehead atoms. The molecule has 4 atom stereocenters. The molecule has 0 heterocycles. The fourth-order valence-electron chi connectivity index (χ4n) is 3.91. The maximum atomic E-state index is 9.97. The molecule has 2 saturated carbocycles. The summed E-state index contributed by atoms with van der Waals surface area (Å²) >= 11 is 0. The molecule has 0 saturated heterocycles. The zero-order chi connectivity index (χ0) is 11.9. The van der Waals surface area contributed by atoms with Gasteiger partial charge in [0.25, 0.3) is 0 Å². The van der Waals surface area contributed by atoms with Crippen LogP contribution >= 0.6 is 0 Å². The van der Waals surface area contributed by atoms with Crippen LogP contribution < -0.4 is 0 Å². The lowest BCUT2D eigenvalue weighted by Crippen LogP contribution is -2.29. The van der Waals surface area contributed by atoms with Gasteiger partial charge in [-0.2, -0.15) is 0 Å². The molecular formula is C15H26O. The fourth-order valence-corrected chi connectivity index (χ4v) is 3.91. The first kappa shape index (κ1) is 12.2. The van der Waals surface area contributed by atoms with Gasteiger partial charge in [-0.1, -0.05) is 25.5 Å². The van der Waals surface area contributed by atoms with Crippen LogP contribution in [0.5, 0.6) is 0 Å². The van der Waals surface area contributed by atoms with Crippen molar-refractivity contribution in [2.45, 2.75) is 59.0 Å². The Bertz CT molecular complexity index is 284. The highest BCUT2D eigenvalue weighted by atomic mass is 16.3. The van der Waals surface area contributed by atoms with Gasteiger partial charge >= 0.3 is 0 Å². The van der Waals surface area contributed by atoms with Gasteiger partial charge in [0.1, 0.15) is 0 Å². The van der Waals surface area contributed by atoms with Crippen LogP contribution in [0.4, 0.5) is 0 Å². The number of allylic oxidation sites excluding steroid dienone is 1. The summed E-state index contributed by atoms with van der Waals surface area (Å²) in [6, 6.07) is 0. The normalized spacial score (nSPS) is 42.4. The summed E-state index contributed by atoms with van der Waals surface area (Å²) in [4.78, 5) is 0. The third kappa shape index (κ3) is 2.34. The summed E-state index contributed by atoms with van der Waals surface area (Å²) in [5.41, 5.74) is 0.906. The fraction of sp³-hybridized carbons (Fsp3) is 0.867. The van der Waals surface area contributed by atoms with E-state index in [2.05, 4.69) is 19.9 Å². The van der Waals surface area contributed by atoms with E-state index in [1.807, 2.05) is 13.8 Å². The lowest BCUT2D eigenvalue weighted by Gasteiger charge is -2.37. The first-order valence-electron chi connectivity index (χ1n) is 6.82. The molecule has 0 aromatic rings. The maximum absolute atomic E-state index is 9.97. The average Bonchev–Trinajstić information content (AvgIpc) is 2.52. The first-order chi connectivity index (χ1) is 7.38. The van der Waals surface area contributed by atoms with Crippen molar-refractivity contribution in [3.8, 4) is 0 Å². The zero-order valence-electron chi connectivity index (χ0n) is 11.2. The van der Waals surface area contributed by atoms with Crippen LogP contribution in [-0.4, -0.2) is 10.7 Å². The van der Waals surface area contributed by atoms with Crippen LogP contribution in [0.3, 0.4) is 0 Å². The van der Waals surface area contributed by atoms with Gasteiger partial charge in [0, 0.05) is 0 Å². The quantitative estimate of drug-likeness (QED) is 0.669. The SMILES string of the molecule is C[C@H]1CC/C(=C\C(C)(C)O)[C@@H]2[C@H]1CC[C@@H]2C. The average molecular weight is 222 g/mol. The van der Waals surface area contributed by atoms with E-state index in [0.717, 1.165) is 23.7 Å². The molecule has 1 N–H and O–H groups in total. The van der Waals surface area contributed by atoms with Crippen LogP contribution in [0.1, 0.15) is 53.4 Å². The second kappa shape index (κ2) is 4.18. The van der Waals surface area contributed by atoms with E-state index < -0.39 is 5.60 Å². The standard InChI is InChI=1S/C15H26O/c1-10-5-7-12(9-15(3,4)16)14-11(2)6-8-13(10)14/h9-11,13-14,16H,5-8H2,1-4H3/b12-9+/t10-,11-,13-,14+/m0/s1. The Balaban J connectivity index is 2.24. The minimum Gasteiger partial charge on any atom is -0.386 e. The largest absolute Gasteiger partial charge is 0.386 e. The monoisotopic (exact) mass is 222 g/mol. The second-order valence-electron chi connectivity index (χ2n) is 6.63. The lowest BCUT2D eigenvalue weighted by atomic mass is 9.69. The van der Waals surface area contributed by atoms with E-state index in [-0.39, 0.29) is 0 Å². The predicted molar refractivity (Wildman–Crippen MR) is 68.2 cm³/mol. The van der Waals surface area contributed by atoms with Crippen LogP contribution in [0.25, 0.3) is 0 Å². The Labute approximate surface area is 99.9 Å². The molecule has 2 fully saturated rings. The summed E-state index contributed by atoms with van der Waals surface area (Å²) in [5, 5.41) is 9.97. The van der Waals surface area contributed by atoms with Gasteiger partial charge in [-0.25, -0.2) is 0 Å². The van der Waals surface area contributed by atoms with E-state index in [4.69, 9.17) is 0 Å². The topological polar surface area (TPSA) is 20.2 Å². The molecule has 92 valence electrons. The summed E-state index contributed by atoms with van der Waals surface area (Å²) in [6.45, 7) is 8.59. The number of rotatable bonds is 1. The van der Waals surface area contributed by atoms with Gasteiger partial charge in [0.15, 0.2) is 0 Å². The van der Waals surface area contributed by atoms with Crippen molar-refractivity contribution >= 4 is 0 Å². The predicted octanol–water partition coefficient (Wildman–Crippen LogP) is 3.78. The zero-order valence-corrected chi connectivity index (χ0v) is 11.2. The molecule has 2 aliphatic carbocycles. The molecule has 16 heavy (non-hydrogen) atoms. The van der Waals surface area contributed by atoms with Crippen molar-refractivity contribution in [1.82, 2.24) is 0 Å². The molecule has 0 aliphatic heterocycles. The third-order valence-electron chi connectivity index (χ3n) is 4.62. The van der Waals surface area contributed by atoms with Gasteiger partial charge in [-0.15, -0.1) is 0 Å². The number of hydrogen-bond donors (Lipinski definition) is 1. The molecular weight excluding hydrogens is 196 g/mol. The molecule has 1 heteroatoms. The highest BCUT2D eigenvalue weighted by Crippen LogP contribution is 2.51. The van der Waals surface area contributed by atoms with E-state index in [0.29, 0.717) is 0 Å². The number of hydrogen-bond acceptors (Lipinski definition) is 1. The summed E-state index contributed by atoms with van der Waals surface area (Å²) < 4.78 is 0. The van der Waals surface area contributed by atoms with Gasteiger partial charge in [0.05, 0.1) is 5.60 Å². The Hall–Kier alpha value is -0.300. The summed E-state index contributed by atoms with van der Waals surface area (Å²) in [5.74, 6) is 3.35. The van der Waals surface area contributed by atoms with E-state index >= 15 is 0 Å². The number of fused-ring (bicyclic) bond motifs is 1. The Morgan fingerprint density at radius 2 is 1.81 bits per heavy atom. The van der Waals surface area contributed by atoms with Crippen molar-refractivity contribution < 1.29 is 5.11 Å². The molecule has 2 rings (SSSR count). The minimum absolute atomic E-state index is 0.636. The molecule has 0 unspecified atom stereocenters. The van der Waals surface area contributed by atoms with Gasteiger partial charge in [0.2, 0.25) is 0 Å². The molecule has 2 aliphatic rings. The summed E-state index contributed by atoms with van der Waals surface area (Å²) in [6.07, 6.45) is 7.43. The second-order valence-corrected chi connectivity index (χ2v) is 6.63. The summed E-state index contributed by atoms with van der Waals surface area (Å²) in [7, 11) is 0. The Morgan fingerprint density at radius 1 is 1.12 bits per heavy atom. The molecule has 0 amide bonds. The maximum Gasteiger partial charge on any atom is 0.0774 e. The van der Waals surface area contributed by atoms with Crippen molar-refractivity contribution in [3.63, 3.8) is 0 Å². The Kier molecular flexibility index (Phi) is 3.18. The van der Waals surface area contributed by atoms with Crippen molar-refractivity contribution in [1.29, 1.82) is 0 Å². The van der Waals surface area contributed by atoms with E-state index in [1.165, 1.54) is 25.7 Å². The third-order valence-corrected chi connectivity index (χ3v) is 4.62. The van der Waals surface area contributed by atoms with Crippen molar-refractivity contribution in [2.75, 3.05) is 0 Å². The van der Waals surface area contributed by atoms with Gasteiger partial charge in [-0.3, -0.25) is 0 Å². The van der Waals surface area contributed by atoms with Crippen LogP contribution in [0, 0.1) is 23.7 Å². The first-order valence-corrected chi connectivity index (χ1v) is 6.82. The van der Waals surface area contributed by atoms with Gasteiger partial charge in [-0.05, 0) is 63.2 Å². The van der Waals surface area contributed by atoms with Gasteiger partial charge < -0.3 is 5.11 Å². The molecule has 0 aromatic heterocycles. The van der Waals surface area contributed by atoms with Crippen LogP contribution in [-0.2, 0) is 0 Å². The van der Waals surface area contributed by atoms with Crippen LogP contribution in [0.15, 0.2) is 11.6 Å². The van der Waals surface area contributed by atoms with Crippen molar-refractivity contribution in [3.05, 3.63) is 11.6 Å². The lowest BCUT2D eigenvalue weighted by molar-refractivity contribution is 0.127. The smallest absolute Gasteiger partial charge is 0.0774 e. The van der Waals surface area contributed by atoms with E-state index in [1.54, 1.807) is 5.57 Å². The minimum atomic E-state index is -0.636. The molecule has 0 aromatic carbocycles. The highest BCUT2D eigenvalue weighted by molar-refractivity contribution is 5.19. The van der Waals surface area contributed by atoms with Crippen molar-refractivity contribution in [2.24, 2.45) is 23.7 Å². The molecule has 0 spiro atoms. The molecule has 1 nitrogen and oxygen atoms in total. The van der Waals surface area contributed by atoms with Crippen LogP contribution in [0.2, 0.25) is 0 Å². The number of aliphatic hydroxyl groups is 1. The Morgan fingerprint density at radius 3 is 2.44 bits per heavy atom.